The molecule has 0 spiro atoms. The Balaban J connectivity index is 2.49. The molecule has 0 radical (unpaired) electrons. The van der Waals surface area contributed by atoms with Crippen LogP contribution < -0.4 is 10.2 Å². The Bertz CT molecular complexity index is 694. The van der Waals surface area contributed by atoms with Crippen molar-refractivity contribution in [2.24, 2.45) is 0 Å². The first-order valence-corrected chi connectivity index (χ1v) is 5.87. The Morgan fingerprint density at radius 3 is 2.20 bits per heavy atom. The predicted octanol–water partition coefficient (Wildman–Crippen LogP) is 2.03. The van der Waals surface area contributed by atoms with Gasteiger partial charge in [0, 0.05) is 19.8 Å². The van der Waals surface area contributed by atoms with Crippen molar-refractivity contribution in [3.8, 4) is 12.1 Å². The van der Waals surface area contributed by atoms with Crippen molar-refractivity contribution in [1.82, 2.24) is 9.97 Å². The van der Waals surface area contributed by atoms with E-state index in [0.717, 1.165) is 5.69 Å². The third kappa shape index (κ3) is 2.65. The Kier molecular flexibility index (Phi) is 3.78. The number of nitrogens with zero attached hydrogens (tertiary/aromatic N) is 5. The monoisotopic (exact) mass is 264 g/mol. The predicted molar refractivity (Wildman–Crippen MR) is 75.5 cm³/mol. The third-order valence-corrected chi connectivity index (χ3v) is 2.55. The van der Waals surface area contributed by atoms with Gasteiger partial charge in [-0.2, -0.15) is 10.5 Å². The lowest BCUT2D eigenvalue weighted by Gasteiger charge is -2.14. The van der Waals surface area contributed by atoms with E-state index in [2.05, 4.69) is 15.3 Å². The van der Waals surface area contributed by atoms with Crippen LogP contribution in [0.15, 0.2) is 30.3 Å². The Hall–Kier alpha value is -3.12. The number of nitriles is 2. The molecule has 0 aliphatic rings. The maximum absolute atomic E-state index is 9.17. The van der Waals surface area contributed by atoms with E-state index < -0.39 is 0 Å². The molecule has 0 fully saturated rings. The maximum atomic E-state index is 9.17. The average Bonchev–Trinajstić information content (AvgIpc) is 2.47. The lowest BCUT2D eigenvalue weighted by atomic mass is 10.3. The fraction of sp³-hybridized carbons (Fsp3) is 0.143. The molecule has 0 saturated heterocycles. The van der Waals surface area contributed by atoms with Gasteiger partial charge in [0.05, 0.1) is 0 Å². The summed E-state index contributed by atoms with van der Waals surface area (Å²) in [7, 11) is 3.49. The number of rotatable bonds is 3. The highest BCUT2D eigenvalue weighted by Crippen LogP contribution is 2.21. The molecule has 1 N–H and O–H groups in total. The Morgan fingerprint density at radius 2 is 1.65 bits per heavy atom. The fourth-order valence-corrected chi connectivity index (χ4v) is 1.64. The van der Waals surface area contributed by atoms with Crippen LogP contribution in [0.1, 0.15) is 11.4 Å². The molecule has 0 aliphatic heterocycles. The van der Waals surface area contributed by atoms with E-state index >= 15 is 0 Å². The zero-order valence-corrected chi connectivity index (χ0v) is 11.1. The summed E-state index contributed by atoms with van der Waals surface area (Å²) >= 11 is 0. The summed E-state index contributed by atoms with van der Waals surface area (Å²) in [6.07, 6.45) is 0. The van der Waals surface area contributed by atoms with Gasteiger partial charge >= 0.3 is 0 Å². The SMILES string of the molecule is CN(C)c1nc(C#N)c(Nc2ccccc2)nc1C#N. The summed E-state index contributed by atoms with van der Waals surface area (Å²) in [6.45, 7) is 0. The van der Waals surface area contributed by atoms with Crippen LogP contribution in [0.4, 0.5) is 17.3 Å². The van der Waals surface area contributed by atoms with Gasteiger partial charge in [-0.1, -0.05) is 18.2 Å². The normalized spacial score (nSPS) is 9.40. The van der Waals surface area contributed by atoms with Gasteiger partial charge in [-0.3, -0.25) is 0 Å². The molecule has 6 nitrogen and oxygen atoms in total. The molecule has 98 valence electrons. The number of nitrogens with one attached hydrogen (secondary N) is 1. The van der Waals surface area contributed by atoms with Gasteiger partial charge in [0.2, 0.25) is 0 Å². The molecular weight excluding hydrogens is 252 g/mol. The van der Waals surface area contributed by atoms with Crippen molar-refractivity contribution in [2.75, 3.05) is 24.3 Å². The maximum Gasteiger partial charge on any atom is 0.185 e. The van der Waals surface area contributed by atoms with Gasteiger partial charge in [-0.25, -0.2) is 9.97 Å². The van der Waals surface area contributed by atoms with Crippen LogP contribution in [0, 0.1) is 22.7 Å². The molecule has 0 bridgehead atoms. The summed E-state index contributed by atoms with van der Waals surface area (Å²) < 4.78 is 0. The second-order valence-electron chi connectivity index (χ2n) is 4.20. The van der Waals surface area contributed by atoms with Gasteiger partial charge in [-0.15, -0.1) is 0 Å². The third-order valence-electron chi connectivity index (χ3n) is 2.55. The fourth-order valence-electron chi connectivity index (χ4n) is 1.64. The van der Waals surface area contributed by atoms with Crippen molar-refractivity contribution in [3.05, 3.63) is 41.7 Å². The Labute approximate surface area is 116 Å². The minimum Gasteiger partial charge on any atom is -0.360 e. The number of hydrogen-bond donors (Lipinski definition) is 1. The first-order chi connectivity index (χ1) is 9.65. The topological polar surface area (TPSA) is 88.6 Å². The minimum atomic E-state index is 0.150. The van der Waals surface area contributed by atoms with Crippen LogP contribution >= 0.6 is 0 Å². The highest BCUT2D eigenvalue weighted by Gasteiger charge is 2.15. The van der Waals surface area contributed by atoms with Gasteiger partial charge < -0.3 is 10.2 Å². The van der Waals surface area contributed by atoms with E-state index in [0.29, 0.717) is 5.82 Å². The van der Waals surface area contributed by atoms with Crippen LogP contribution in [-0.4, -0.2) is 24.1 Å². The minimum absolute atomic E-state index is 0.150. The van der Waals surface area contributed by atoms with Crippen LogP contribution in [-0.2, 0) is 0 Å². The molecule has 1 aromatic carbocycles. The van der Waals surface area contributed by atoms with Gasteiger partial charge in [0.25, 0.3) is 0 Å². The summed E-state index contributed by atoms with van der Waals surface area (Å²) in [4.78, 5) is 10.0. The van der Waals surface area contributed by atoms with E-state index in [-0.39, 0.29) is 17.2 Å². The van der Waals surface area contributed by atoms with Crippen LogP contribution in [0.2, 0.25) is 0 Å². The average molecular weight is 264 g/mol. The highest BCUT2D eigenvalue weighted by atomic mass is 15.2. The molecule has 1 heterocycles. The molecular formula is C14H12N6. The standard InChI is InChI=1S/C14H12N6/c1-20(2)14-12(9-16)18-13(11(8-15)19-14)17-10-6-4-3-5-7-10/h3-7H,1-2H3,(H,17,18). The summed E-state index contributed by atoms with van der Waals surface area (Å²) in [5.41, 5.74) is 1.10. The molecule has 0 atom stereocenters. The smallest absolute Gasteiger partial charge is 0.185 e. The molecule has 20 heavy (non-hydrogen) atoms. The largest absolute Gasteiger partial charge is 0.360 e. The molecule has 1 aromatic heterocycles. The number of para-hydroxylation sites is 1. The first kappa shape index (κ1) is 13.3. The summed E-state index contributed by atoms with van der Waals surface area (Å²) in [5.74, 6) is 0.656. The van der Waals surface area contributed by atoms with Gasteiger partial charge in [-0.05, 0) is 12.1 Å². The van der Waals surface area contributed by atoms with E-state index in [4.69, 9.17) is 5.26 Å². The van der Waals surface area contributed by atoms with Crippen LogP contribution in [0.5, 0.6) is 0 Å². The number of anilines is 3. The van der Waals surface area contributed by atoms with Crippen molar-refractivity contribution in [1.29, 1.82) is 10.5 Å². The number of hydrogen-bond acceptors (Lipinski definition) is 6. The molecule has 6 heteroatoms. The van der Waals surface area contributed by atoms with Gasteiger partial charge in [0.1, 0.15) is 12.1 Å². The van der Waals surface area contributed by atoms with E-state index in [1.807, 2.05) is 42.5 Å². The van der Waals surface area contributed by atoms with Crippen LogP contribution in [0.25, 0.3) is 0 Å². The Morgan fingerprint density at radius 1 is 1.00 bits per heavy atom. The van der Waals surface area contributed by atoms with Crippen molar-refractivity contribution < 1.29 is 0 Å². The van der Waals surface area contributed by atoms with E-state index in [9.17, 15) is 5.26 Å². The van der Waals surface area contributed by atoms with E-state index in [1.165, 1.54) is 0 Å². The molecule has 0 saturated carbocycles. The lowest BCUT2D eigenvalue weighted by Crippen LogP contribution is -2.15. The zero-order chi connectivity index (χ0) is 14.5. The quantitative estimate of drug-likeness (QED) is 0.912. The van der Waals surface area contributed by atoms with Crippen molar-refractivity contribution in [3.63, 3.8) is 0 Å². The van der Waals surface area contributed by atoms with E-state index in [1.54, 1.807) is 19.0 Å². The molecule has 2 rings (SSSR count). The zero-order valence-electron chi connectivity index (χ0n) is 11.1. The van der Waals surface area contributed by atoms with Gasteiger partial charge in [0.15, 0.2) is 23.0 Å². The highest BCUT2D eigenvalue weighted by molar-refractivity contribution is 5.64. The lowest BCUT2D eigenvalue weighted by molar-refractivity contribution is 1.02. The van der Waals surface area contributed by atoms with Crippen LogP contribution in [0.3, 0.4) is 0 Å². The molecule has 0 amide bonds. The molecule has 0 aliphatic carbocycles. The summed E-state index contributed by atoms with van der Waals surface area (Å²) in [5, 5.41) is 21.3. The molecule has 2 aromatic rings. The second-order valence-corrected chi connectivity index (χ2v) is 4.20. The number of aromatic nitrogens is 2. The molecule has 0 unspecified atom stereocenters. The van der Waals surface area contributed by atoms with Crippen molar-refractivity contribution in [2.45, 2.75) is 0 Å². The second kappa shape index (κ2) is 5.68. The number of benzene rings is 1. The summed E-state index contributed by atoms with van der Waals surface area (Å²) in [6, 6.07) is 13.3. The first-order valence-electron chi connectivity index (χ1n) is 5.87. The van der Waals surface area contributed by atoms with Crippen molar-refractivity contribution >= 4 is 17.3 Å².